The molecule has 1 aromatic rings. The van der Waals surface area contributed by atoms with Crippen molar-refractivity contribution in [1.82, 2.24) is 25.4 Å². The fourth-order valence-corrected chi connectivity index (χ4v) is 3.53. The van der Waals surface area contributed by atoms with Gasteiger partial charge < -0.3 is 15.5 Å². The highest BCUT2D eigenvalue weighted by Crippen LogP contribution is 2.15. The number of nitrogens with zero attached hydrogens (tertiary/aromatic N) is 4. The summed E-state index contributed by atoms with van der Waals surface area (Å²) in [5.74, 6) is 0.850. The predicted octanol–water partition coefficient (Wildman–Crippen LogP) is 1.06. The van der Waals surface area contributed by atoms with Crippen molar-refractivity contribution in [2.24, 2.45) is 4.99 Å². The van der Waals surface area contributed by atoms with E-state index in [1.54, 1.807) is 11.3 Å². The molecule has 1 fully saturated rings. The number of aryl methyl sites for hydroxylation is 2. The molecule has 1 saturated heterocycles. The first-order valence-corrected chi connectivity index (χ1v) is 9.26. The number of guanidine groups is 1. The lowest BCUT2D eigenvalue weighted by molar-refractivity contribution is 0.139. The van der Waals surface area contributed by atoms with Gasteiger partial charge in [-0.05, 0) is 20.4 Å². The van der Waals surface area contributed by atoms with Gasteiger partial charge in [-0.3, -0.25) is 9.89 Å². The molecule has 2 heterocycles. The molecule has 0 aliphatic carbocycles. The highest BCUT2D eigenvalue weighted by molar-refractivity contribution is 7.11. The first-order valence-electron chi connectivity index (χ1n) is 8.44. The van der Waals surface area contributed by atoms with E-state index in [-0.39, 0.29) is 0 Å². The smallest absolute Gasteiger partial charge is 0.191 e. The van der Waals surface area contributed by atoms with Gasteiger partial charge in [0.15, 0.2) is 5.96 Å². The third-order valence-electron chi connectivity index (χ3n) is 4.34. The van der Waals surface area contributed by atoms with Crippen molar-refractivity contribution in [2.75, 3.05) is 52.9 Å². The molecule has 1 aromatic heterocycles. The van der Waals surface area contributed by atoms with Crippen LogP contribution in [0.3, 0.4) is 0 Å². The van der Waals surface area contributed by atoms with Gasteiger partial charge >= 0.3 is 0 Å². The summed E-state index contributed by atoms with van der Waals surface area (Å²) in [6.07, 6.45) is 0. The second-order valence-corrected chi connectivity index (χ2v) is 7.17. The molecule has 2 rings (SSSR count). The molecule has 0 unspecified atom stereocenters. The van der Waals surface area contributed by atoms with Crippen LogP contribution in [0, 0.1) is 13.8 Å². The number of hydrogen-bond acceptors (Lipinski definition) is 5. The molecule has 23 heavy (non-hydrogen) atoms. The SMILES string of the molecule is CCN1CCN(CCNC(=NC)NCc2nc(C)c(C)s2)CC1. The zero-order valence-corrected chi connectivity index (χ0v) is 15.7. The summed E-state index contributed by atoms with van der Waals surface area (Å²) in [6.45, 7) is 15.0. The van der Waals surface area contributed by atoms with E-state index in [1.807, 2.05) is 7.05 Å². The Morgan fingerprint density at radius 3 is 2.43 bits per heavy atom. The van der Waals surface area contributed by atoms with Crippen LogP contribution in [-0.4, -0.2) is 73.6 Å². The predicted molar refractivity (Wildman–Crippen MR) is 98.3 cm³/mol. The molecule has 0 amide bonds. The summed E-state index contributed by atoms with van der Waals surface area (Å²) < 4.78 is 0. The van der Waals surface area contributed by atoms with Crippen molar-refractivity contribution < 1.29 is 0 Å². The van der Waals surface area contributed by atoms with E-state index in [9.17, 15) is 0 Å². The van der Waals surface area contributed by atoms with Crippen molar-refractivity contribution in [2.45, 2.75) is 27.3 Å². The van der Waals surface area contributed by atoms with E-state index in [0.29, 0.717) is 0 Å². The zero-order chi connectivity index (χ0) is 16.7. The monoisotopic (exact) mass is 338 g/mol. The van der Waals surface area contributed by atoms with Crippen LogP contribution in [-0.2, 0) is 6.54 Å². The van der Waals surface area contributed by atoms with Crippen molar-refractivity contribution in [3.63, 3.8) is 0 Å². The number of thiazole rings is 1. The molecule has 0 radical (unpaired) electrons. The fourth-order valence-electron chi connectivity index (χ4n) is 2.66. The molecule has 1 aliphatic rings. The number of piperazine rings is 1. The number of likely N-dealkylation sites (N-methyl/N-ethyl adjacent to an activating group) is 1. The highest BCUT2D eigenvalue weighted by atomic mass is 32.1. The Morgan fingerprint density at radius 1 is 1.17 bits per heavy atom. The Balaban J connectivity index is 1.65. The van der Waals surface area contributed by atoms with Gasteiger partial charge in [-0.1, -0.05) is 6.92 Å². The minimum absolute atomic E-state index is 0.730. The van der Waals surface area contributed by atoms with Crippen LogP contribution >= 0.6 is 11.3 Å². The van der Waals surface area contributed by atoms with E-state index in [4.69, 9.17) is 0 Å². The first-order chi connectivity index (χ1) is 11.1. The van der Waals surface area contributed by atoms with Gasteiger partial charge in [-0.25, -0.2) is 4.98 Å². The van der Waals surface area contributed by atoms with Gasteiger partial charge in [-0.15, -0.1) is 11.3 Å². The lowest BCUT2D eigenvalue weighted by Crippen LogP contribution is -2.49. The van der Waals surface area contributed by atoms with Crippen LogP contribution in [0.1, 0.15) is 22.5 Å². The topological polar surface area (TPSA) is 55.8 Å². The number of nitrogens with one attached hydrogen (secondary N) is 2. The molecule has 0 bridgehead atoms. The van der Waals surface area contributed by atoms with Gasteiger partial charge in [0.25, 0.3) is 0 Å². The van der Waals surface area contributed by atoms with Crippen LogP contribution in [0.15, 0.2) is 4.99 Å². The Labute approximate surface area is 144 Å². The summed E-state index contributed by atoms with van der Waals surface area (Å²) in [5.41, 5.74) is 1.13. The number of rotatable bonds is 6. The third-order valence-corrected chi connectivity index (χ3v) is 5.41. The Hall–Kier alpha value is -1.18. The molecule has 7 heteroatoms. The van der Waals surface area contributed by atoms with Crippen LogP contribution in [0.5, 0.6) is 0 Å². The normalized spacial score (nSPS) is 17.5. The summed E-state index contributed by atoms with van der Waals surface area (Å²) in [7, 11) is 1.81. The zero-order valence-electron chi connectivity index (χ0n) is 14.9. The minimum Gasteiger partial charge on any atom is -0.355 e. The highest BCUT2D eigenvalue weighted by Gasteiger charge is 2.14. The van der Waals surface area contributed by atoms with Crippen molar-refractivity contribution in [3.05, 3.63) is 15.6 Å². The summed E-state index contributed by atoms with van der Waals surface area (Å²) in [4.78, 5) is 15.1. The molecule has 2 N–H and O–H groups in total. The maximum absolute atomic E-state index is 4.55. The standard InChI is InChI=1S/C16H30N6S/c1-5-21-8-10-22(11-9-21)7-6-18-16(17-4)19-12-15-20-13(2)14(3)23-15/h5-12H2,1-4H3,(H2,17,18,19). The van der Waals surface area contributed by atoms with E-state index in [0.717, 1.165) is 36.3 Å². The molecule has 0 aromatic carbocycles. The van der Waals surface area contributed by atoms with E-state index in [1.165, 1.54) is 37.6 Å². The van der Waals surface area contributed by atoms with Crippen molar-refractivity contribution in [3.8, 4) is 0 Å². The van der Waals surface area contributed by atoms with Crippen LogP contribution in [0.2, 0.25) is 0 Å². The number of aliphatic imine (C=N–C) groups is 1. The van der Waals surface area contributed by atoms with Gasteiger partial charge in [0.2, 0.25) is 0 Å². The van der Waals surface area contributed by atoms with Gasteiger partial charge in [0, 0.05) is 51.2 Å². The minimum atomic E-state index is 0.730. The van der Waals surface area contributed by atoms with Gasteiger partial charge in [0.1, 0.15) is 5.01 Å². The lowest BCUT2D eigenvalue weighted by atomic mass is 10.3. The van der Waals surface area contributed by atoms with Crippen molar-refractivity contribution >= 4 is 17.3 Å². The van der Waals surface area contributed by atoms with E-state index < -0.39 is 0 Å². The summed E-state index contributed by atoms with van der Waals surface area (Å²) in [5, 5.41) is 7.84. The van der Waals surface area contributed by atoms with Crippen molar-refractivity contribution in [1.29, 1.82) is 0 Å². The van der Waals surface area contributed by atoms with Gasteiger partial charge in [0.05, 0.1) is 12.2 Å². The maximum Gasteiger partial charge on any atom is 0.191 e. The average Bonchev–Trinajstić information content (AvgIpc) is 2.89. The molecule has 130 valence electrons. The molecule has 0 atom stereocenters. The van der Waals surface area contributed by atoms with Crippen LogP contribution in [0.25, 0.3) is 0 Å². The second-order valence-electron chi connectivity index (χ2n) is 5.88. The lowest BCUT2D eigenvalue weighted by Gasteiger charge is -2.34. The van der Waals surface area contributed by atoms with E-state index in [2.05, 4.69) is 51.2 Å². The largest absolute Gasteiger partial charge is 0.355 e. The molecule has 0 spiro atoms. The fraction of sp³-hybridized carbons (Fsp3) is 0.750. The number of aromatic nitrogens is 1. The molecule has 0 saturated carbocycles. The summed E-state index contributed by atoms with van der Waals surface area (Å²) in [6, 6.07) is 0. The quantitative estimate of drug-likeness (QED) is 0.600. The maximum atomic E-state index is 4.55. The summed E-state index contributed by atoms with van der Waals surface area (Å²) >= 11 is 1.75. The van der Waals surface area contributed by atoms with Crippen LogP contribution < -0.4 is 10.6 Å². The second kappa shape index (κ2) is 9.20. The molecule has 6 nitrogen and oxygen atoms in total. The molecular formula is C16H30N6S. The Morgan fingerprint density at radius 2 is 1.87 bits per heavy atom. The number of hydrogen-bond donors (Lipinski definition) is 2. The molecule has 1 aliphatic heterocycles. The van der Waals surface area contributed by atoms with Crippen LogP contribution in [0.4, 0.5) is 0 Å². The van der Waals surface area contributed by atoms with E-state index >= 15 is 0 Å². The first kappa shape index (κ1) is 18.2. The Bertz CT molecular complexity index is 485. The average molecular weight is 339 g/mol. The van der Waals surface area contributed by atoms with Gasteiger partial charge in [-0.2, -0.15) is 0 Å². The third kappa shape index (κ3) is 5.75. The molecular weight excluding hydrogens is 308 g/mol. The Kier molecular flexibility index (Phi) is 7.26.